The lowest BCUT2D eigenvalue weighted by Gasteiger charge is -2.34. The van der Waals surface area contributed by atoms with Crippen molar-refractivity contribution in [2.24, 2.45) is 0 Å². The number of nitrogens with zero attached hydrogens (tertiary/aromatic N) is 1. The van der Waals surface area contributed by atoms with Gasteiger partial charge < -0.3 is 15.2 Å². The summed E-state index contributed by atoms with van der Waals surface area (Å²) in [5.74, 6) is 5.10. The van der Waals surface area contributed by atoms with Crippen molar-refractivity contribution < 1.29 is 14.6 Å². The fourth-order valence-electron chi connectivity index (χ4n) is 1.92. The van der Waals surface area contributed by atoms with Crippen molar-refractivity contribution in [3.8, 4) is 11.8 Å². The molecule has 0 unspecified atom stereocenters. The molecule has 0 bridgehead atoms. The number of pyridine rings is 1. The van der Waals surface area contributed by atoms with Gasteiger partial charge in [-0.05, 0) is 18.9 Å². The van der Waals surface area contributed by atoms with Gasteiger partial charge in [-0.2, -0.15) is 0 Å². The van der Waals surface area contributed by atoms with Gasteiger partial charge in [0.25, 0.3) is 5.91 Å². The largest absolute Gasteiger partial charge is 0.384 e. The average Bonchev–Trinajstić information content (AvgIpc) is 2.40. The Morgan fingerprint density at radius 2 is 2.37 bits per heavy atom. The van der Waals surface area contributed by atoms with Crippen molar-refractivity contribution in [3.05, 3.63) is 29.6 Å². The molecule has 0 radical (unpaired) electrons. The number of nitrogens with one attached hydrogen (secondary N) is 1. The molecule has 1 aliphatic rings. The Morgan fingerprint density at radius 1 is 1.58 bits per heavy atom. The number of hydrogen-bond donors (Lipinski definition) is 2. The number of rotatable bonds is 3. The van der Waals surface area contributed by atoms with Crippen molar-refractivity contribution in [3.63, 3.8) is 0 Å². The van der Waals surface area contributed by atoms with Gasteiger partial charge in [-0.15, -0.1) is 0 Å². The van der Waals surface area contributed by atoms with Crippen LogP contribution in [0.15, 0.2) is 18.5 Å². The van der Waals surface area contributed by atoms with Crippen LogP contribution in [0.2, 0.25) is 0 Å². The van der Waals surface area contributed by atoms with Crippen LogP contribution >= 0.6 is 0 Å². The molecule has 2 N–H and O–H groups in total. The van der Waals surface area contributed by atoms with Crippen LogP contribution in [0.1, 0.15) is 28.8 Å². The number of carbonyl (C=O) groups excluding carboxylic acids is 1. The smallest absolute Gasteiger partial charge is 0.253 e. The second-order valence-corrected chi connectivity index (χ2v) is 4.42. The molecule has 0 aromatic carbocycles. The third kappa shape index (κ3) is 3.53. The Morgan fingerprint density at radius 3 is 3.05 bits per heavy atom. The molecule has 0 spiro atoms. The van der Waals surface area contributed by atoms with Crippen molar-refractivity contribution in [2.45, 2.75) is 25.0 Å². The normalized spacial score (nSPS) is 20.9. The molecule has 1 aromatic heterocycles. The maximum absolute atomic E-state index is 12.0. The maximum atomic E-state index is 12.0. The van der Waals surface area contributed by atoms with E-state index >= 15 is 0 Å². The summed E-state index contributed by atoms with van der Waals surface area (Å²) in [6.07, 6.45) is 5.01. The molecular weight excluding hydrogens is 244 g/mol. The fraction of sp³-hybridized carbons (Fsp3) is 0.429. The van der Waals surface area contributed by atoms with E-state index in [1.54, 1.807) is 19.4 Å². The molecule has 5 nitrogen and oxygen atoms in total. The van der Waals surface area contributed by atoms with Crippen molar-refractivity contribution in [2.75, 3.05) is 13.7 Å². The monoisotopic (exact) mass is 260 g/mol. The Kier molecular flexibility index (Phi) is 4.50. The quantitative estimate of drug-likeness (QED) is 0.768. The third-order valence-corrected chi connectivity index (χ3v) is 3.08. The lowest BCUT2D eigenvalue weighted by atomic mass is 9.89. The second kappa shape index (κ2) is 6.32. The van der Waals surface area contributed by atoms with Crippen LogP contribution in [0.5, 0.6) is 0 Å². The van der Waals surface area contributed by atoms with Gasteiger partial charge in [0, 0.05) is 31.1 Å². The number of aliphatic hydroxyl groups excluding tert-OH is 1. The van der Waals surface area contributed by atoms with E-state index in [-0.39, 0.29) is 24.7 Å². The lowest BCUT2D eigenvalue weighted by Crippen LogP contribution is -2.47. The molecule has 1 aromatic rings. The standard InChI is InChI=1S/C14H16N2O3/c1-19-13-6-12(7-13)16-14(18)11-5-10(3-2-4-17)8-15-9-11/h5,8-9,12-13,17H,4,6-7H2,1H3,(H,16,18). The molecule has 2 rings (SSSR count). The Bertz CT molecular complexity index is 513. The van der Waals surface area contributed by atoms with Crippen molar-refractivity contribution in [1.29, 1.82) is 0 Å². The molecule has 5 heteroatoms. The van der Waals surface area contributed by atoms with Gasteiger partial charge in [-0.1, -0.05) is 11.8 Å². The van der Waals surface area contributed by atoms with E-state index in [1.165, 1.54) is 6.20 Å². The van der Waals surface area contributed by atoms with Crippen LogP contribution < -0.4 is 5.32 Å². The van der Waals surface area contributed by atoms with E-state index in [1.807, 2.05) is 0 Å². The number of aromatic nitrogens is 1. The first-order valence-electron chi connectivity index (χ1n) is 6.11. The van der Waals surface area contributed by atoms with Crippen LogP contribution in [0.25, 0.3) is 0 Å². The zero-order valence-corrected chi connectivity index (χ0v) is 10.7. The summed E-state index contributed by atoms with van der Waals surface area (Å²) in [5, 5.41) is 11.6. The molecule has 1 aliphatic carbocycles. The molecule has 19 heavy (non-hydrogen) atoms. The predicted molar refractivity (Wildman–Crippen MR) is 69.5 cm³/mol. The Balaban J connectivity index is 1.95. The van der Waals surface area contributed by atoms with Crippen molar-refractivity contribution >= 4 is 5.91 Å². The summed E-state index contributed by atoms with van der Waals surface area (Å²) in [6.45, 7) is -0.211. The van der Waals surface area contributed by atoms with Gasteiger partial charge in [0.2, 0.25) is 0 Å². The first kappa shape index (κ1) is 13.5. The minimum absolute atomic E-state index is 0.153. The predicted octanol–water partition coefficient (Wildman–Crippen LogP) is 0.333. The van der Waals surface area contributed by atoms with E-state index in [0.717, 1.165) is 12.8 Å². The van der Waals surface area contributed by atoms with Crippen molar-refractivity contribution in [1.82, 2.24) is 10.3 Å². The fourth-order valence-corrected chi connectivity index (χ4v) is 1.92. The zero-order valence-electron chi connectivity index (χ0n) is 10.7. The number of ether oxygens (including phenoxy) is 1. The molecule has 1 amide bonds. The molecular formula is C14H16N2O3. The van der Waals surface area contributed by atoms with E-state index < -0.39 is 0 Å². The van der Waals surface area contributed by atoms with Gasteiger partial charge in [-0.25, -0.2) is 0 Å². The van der Waals surface area contributed by atoms with E-state index in [0.29, 0.717) is 11.1 Å². The Labute approximate surface area is 112 Å². The van der Waals surface area contributed by atoms with E-state index in [2.05, 4.69) is 22.1 Å². The van der Waals surface area contributed by atoms with E-state index in [9.17, 15) is 4.79 Å². The molecule has 0 atom stereocenters. The highest BCUT2D eigenvalue weighted by molar-refractivity contribution is 5.94. The number of amides is 1. The molecule has 1 heterocycles. The summed E-state index contributed by atoms with van der Waals surface area (Å²) >= 11 is 0. The molecule has 0 aliphatic heterocycles. The maximum Gasteiger partial charge on any atom is 0.253 e. The van der Waals surface area contributed by atoms with Crippen LogP contribution in [-0.2, 0) is 4.74 Å². The van der Waals surface area contributed by atoms with Crippen LogP contribution in [0.3, 0.4) is 0 Å². The summed E-state index contributed by atoms with van der Waals surface area (Å²) < 4.78 is 5.16. The van der Waals surface area contributed by atoms with Crippen LogP contribution in [0.4, 0.5) is 0 Å². The second-order valence-electron chi connectivity index (χ2n) is 4.42. The first-order chi connectivity index (χ1) is 9.22. The number of carbonyl (C=O) groups is 1. The van der Waals surface area contributed by atoms with Crippen LogP contribution in [0, 0.1) is 11.8 Å². The highest BCUT2D eigenvalue weighted by Crippen LogP contribution is 2.22. The lowest BCUT2D eigenvalue weighted by molar-refractivity contribution is 0.0176. The van der Waals surface area contributed by atoms with Gasteiger partial charge in [0.15, 0.2) is 0 Å². The summed E-state index contributed by atoms with van der Waals surface area (Å²) in [6, 6.07) is 1.84. The molecule has 1 saturated carbocycles. The number of methoxy groups -OCH3 is 1. The van der Waals surface area contributed by atoms with Crippen LogP contribution in [-0.4, -0.2) is 41.9 Å². The number of hydrogen-bond acceptors (Lipinski definition) is 4. The molecule has 0 saturated heterocycles. The average molecular weight is 260 g/mol. The zero-order chi connectivity index (χ0) is 13.7. The van der Waals surface area contributed by atoms with Gasteiger partial charge >= 0.3 is 0 Å². The molecule has 100 valence electrons. The topological polar surface area (TPSA) is 71.5 Å². The number of aliphatic hydroxyl groups is 1. The van der Waals surface area contributed by atoms with E-state index in [4.69, 9.17) is 9.84 Å². The SMILES string of the molecule is COC1CC(NC(=O)c2cncc(C#CCO)c2)C1. The first-order valence-corrected chi connectivity index (χ1v) is 6.11. The highest BCUT2D eigenvalue weighted by atomic mass is 16.5. The van der Waals surface area contributed by atoms with Gasteiger partial charge in [0.05, 0.1) is 11.7 Å². The summed E-state index contributed by atoms with van der Waals surface area (Å²) in [5.41, 5.74) is 1.09. The molecule has 1 fully saturated rings. The van der Waals surface area contributed by atoms with Gasteiger partial charge in [-0.3, -0.25) is 9.78 Å². The third-order valence-electron chi connectivity index (χ3n) is 3.08. The highest BCUT2D eigenvalue weighted by Gasteiger charge is 2.30. The summed E-state index contributed by atoms with van der Waals surface area (Å²) in [7, 11) is 1.68. The Hall–Kier alpha value is -1.90. The minimum atomic E-state index is -0.211. The summed E-state index contributed by atoms with van der Waals surface area (Å²) in [4.78, 5) is 16.0. The van der Waals surface area contributed by atoms with Gasteiger partial charge in [0.1, 0.15) is 6.61 Å². The minimum Gasteiger partial charge on any atom is -0.384 e.